The van der Waals surface area contributed by atoms with Crippen LogP contribution in [0.2, 0.25) is 0 Å². The fraction of sp³-hybridized carbons (Fsp3) is 0.333. The lowest BCUT2D eigenvalue weighted by molar-refractivity contribution is -0.138. The van der Waals surface area contributed by atoms with Gasteiger partial charge >= 0.3 is 6.18 Å². The molecule has 0 aliphatic rings. The molecule has 0 amide bonds. The van der Waals surface area contributed by atoms with Gasteiger partial charge in [0.1, 0.15) is 5.75 Å². The van der Waals surface area contributed by atoms with Gasteiger partial charge in [-0.05, 0) is 26.0 Å². The fourth-order valence-electron chi connectivity index (χ4n) is 1.50. The molecular weight excluding hydrogens is 249 g/mol. The Labute approximate surface area is 102 Å². The number of hydrogen-bond donors (Lipinski definition) is 0. The van der Waals surface area contributed by atoms with Gasteiger partial charge in [0.15, 0.2) is 12.1 Å². The van der Waals surface area contributed by atoms with E-state index in [-0.39, 0.29) is 24.0 Å². The summed E-state index contributed by atoms with van der Waals surface area (Å²) in [5.41, 5.74) is -1.43. The fourth-order valence-corrected chi connectivity index (χ4v) is 1.50. The van der Waals surface area contributed by atoms with E-state index >= 15 is 0 Å². The maximum absolute atomic E-state index is 12.7. The summed E-state index contributed by atoms with van der Waals surface area (Å²) in [7, 11) is 0. The van der Waals surface area contributed by atoms with Crippen LogP contribution in [0.4, 0.5) is 13.2 Å². The molecule has 0 heterocycles. The van der Waals surface area contributed by atoms with E-state index < -0.39 is 23.3 Å². The number of alkyl halides is 3. The summed E-state index contributed by atoms with van der Waals surface area (Å²) < 4.78 is 43.1. The lowest BCUT2D eigenvalue weighted by Crippen LogP contribution is -2.12. The highest BCUT2D eigenvalue weighted by molar-refractivity contribution is 6.02. The topological polar surface area (TPSA) is 43.4 Å². The molecule has 18 heavy (non-hydrogen) atoms. The van der Waals surface area contributed by atoms with Gasteiger partial charge in [-0.25, -0.2) is 0 Å². The van der Waals surface area contributed by atoms with Crippen molar-refractivity contribution in [1.29, 1.82) is 0 Å². The number of aldehydes is 1. The molecule has 0 aliphatic carbocycles. The molecule has 0 radical (unpaired) electrons. The third-order valence-corrected chi connectivity index (χ3v) is 2.26. The second kappa shape index (κ2) is 5.20. The van der Waals surface area contributed by atoms with Crippen LogP contribution < -0.4 is 4.74 Å². The highest BCUT2D eigenvalue weighted by atomic mass is 19.4. The summed E-state index contributed by atoms with van der Waals surface area (Å²) >= 11 is 0. The van der Waals surface area contributed by atoms with E-state index in [4.69, 9.17) is 4.74 Å². The lowest BCUT2D eigenvalue weighted by Gasteiger charge is -2.15. The SMILES string of the molecule is CCOc1cc(C(C)=O)c(C=O)cc1C(F)(F)F. The number of benzene rings is 1. The Morgan fingerprint density at radius 1 is 1.39 bits per heavy atom. The number of ether oxygens (including phenoxy) is 1. The predicted octanol–water partition coefficient (Wildman–Crippen LogP) is 3.12. The van der Waals surface area contributed by atoms with Crippen molar-refractivity contribution in [2.75, 3.05) is 6.61 Å². The Hall–Kier alpha value is -1.85. The van der Waals surface area contributed by atoms with E-state index in [2.05, 4.69) is 0 Å². The van der Waals surface area contributed by atoms with E-state index in [0.717, 1.165) is 6.07 Å². The van der Waals surface area contributed by atoms with Gasteiger partial charge in [0, 0.05) is 11.1 Å². The molecule has 0 aromatic heterocycles. The van der Waals surface area contributed by atoms with E-state index in [1.807, 2.05) is 0 Å². The molecule has 1 aromatic rings. The molecule has 6 heteroatoms. The van der Waals surface area contributed by atoms with Gasteiger partial charge < -0.3 is 4.74 Å². The second-order valence-corrected chi connectivity index (χ2v) is 3.54. The van der Waals surface area contributed by atoms with E-state index in [0.29, 0.717) is 6.07 Å². The largest absolute Gasteiger partial charge is 0.493 e. The first-order chi connectivity index (χ1) is 8.31. The summed E-state index contributed by atoms with van der Waals surface area (Å²) in [5, 5.41) is 0. The minimum atomic E-state index is -4.64. The second-order valence-electron chi connectivity index (χ2n) is 3.54. The van der Waals surface area contributed by atoms with E-state index in [9.17, 15) is 22.8 Å². The molecule has 3 nitrogen and oxygen atoms in total. The Bertz CT molecular complexity index is 478. The first-order valence-electron chi connectivity index (χ1n) is 5.15. The third kappa shape index (κ3) is 2.88. The monoisotopic (exact) mass is 260 g/mol. The van der Waals surface area contributed by atoms with Crippen LogP contribution in [0.3, 0.4) is 0 Å². The minimum absolute atomic E-state index is 0.0286. The van der Waals surface area contributed by atoms with Crippen molar-refractivity contribution >= 4 is 12.1 Å². The number of rotatable bonds is 4. The van der Waals surface area contributed by atoms with Gasteiger partial charge in [0.25, 0.3) is 0 Å². The number of hydrogen-bond acceptors (Lipinski definition) is 3. The van der Waals surface area contributed by atoms with Crippen LogP contribution >= 0.6 is 0 Å². The quantitative estimate of drug-likeness (QED) is 0.617. The zero-order valence-corrected chi connectivity index (χ0v) is 9.80. The molecule has 0 unspecified atom stereocenters. The van der Waals surface area contributed by atoms with Crippen molar-refractivity contribution in [3.63, 3.8) is 0 Å². The van der Waals surface area contributed by atoms with Crippen molar-refractivity contribution in [2.24, 2.45) is 0 Å². The maximum Gasteiger partial charge on any atom is 0.419 e. The van der Waals surface area contributed by atoms with Crippen LogP contribution in [-0.4, -0.2) is 18.7 Å². The predicted molar refractivity (Wildman–Crippen MR) is 58.0 cm³/mol. The molecule has 0 N–H and O–H groups in total. The molecule has 1 aromatic carbocycles. The van der Waals surface area contributed by atoms with Crippen molar-refractivity contribution in [1.82, 2.24) is 0 Å². The maximum atomic E-state index is 12.7. The van der Waals surface area contributed by atoms with E-state index in [1.54, 1.807) is 0 Å². The Morgan fingerprint density at radius 2 is 2.00 bits per heavy atom. The zero-order valence-electron chi connectivity index (χ0n) is 9.80. The number of halogens is 3. The van der Waals surface area contributed by atoms with Crippen molar-refractivity contribution in [3.8, 4) is 5.75 Å². The molecule has 0 saturated heterocycles. The molecular formula is C12H11F3O3. The molecule has 0 aliphatic heterocycles. The average molecular weight is 260 g/mol. The molecule has 1 rings (SSSR count). The normalized spacial score (nSPS) is 11.2. The van der Waals surface area contributed by atoms with Gasteiger partial charge in [0.05, 0.1) is 12.2 Å². The zero-order chi connectivity index (χ0) is 13.9. The summed E-state index contributed by atoms with van der Waals surface area (Å²) in [5.74, 6) is -0.937. The Morgan fingerprint density at radius 3 is 2.39 bits per heavy atom. The van der Waals surface area contributed by atoms with Crippen LogP contribution in [-0.2, 0) is 6.18 Å². The van der Waals surface area contributed by atoms with Crippen molar-refractivity contribution in [2.45, 2.75) is 20.0 Å². The Balaban J connectivity index is 3.51. The minimum Gasteiger partial charge on any atom is -0.493 e. The number of ketones is 1. The molecule has 0 saturated carbocycles. The number of carbonyl (C=O) groups excluding carboxylic acids is 2. The van der Waals surface area contributed by atoms with Gasteiger partial charge in [0.2, 0.25) is 0 Å². The number of Topliss-reactive ketones (excluding diaryl/α,β-unsaturated/α-hetero) is 1. The first-order valence-corrected chi connectivity index (χ1v) is 5.15. The number of carbonyl (C=O) groups is 2. The third-order valence-electron chi connectivity index (χ3n) is 2.26. The summed E-state index contributed by atoms with van der Waals surface area (Å²) in [6.45, 7) is 2.73. The summed E-state index contributed by atoms with van der Waals surface area (Å²) in [6, 6.07) is 1.59. The highest BCUT2D eigenvalue weighted by Gasteiger charge is 2.35. The van der Waals surface area contributed by atoms with Gasteiger partial charge in [-0.1, -0.05) is 0 Å². The van der Waals surface area contributed by atoms with Gasteiger partial charge in [-0.15, -0.1) is 0 Å². The molecule has 0 spiro atoms. The lowest BCUT2D eigenvalue weighted by atomic mass is 10.0. The van der Waals surface area contributed by atoms with Crippen LogP contribution in [0, 0.1) is 0 Å². The highest BCUT2D eigenvalue weighted by Crippen LogP contribution is 2.37. The van der Waals surface area contributed by atoms with Crippen LogP contribution in [0.1, 0.15) is 40.1 Å². The van der Waals surface area contributed by atoms with Crippen LogP contribution in [0.15, 0.2) is 12.1 Å². The van der Waals surface area contributed by atoms with Crippen LogP contribution in [0.25, 0.3) is 0 Å². The van der Waals surface area contributed by atoms with Crippen molar-refractivity contribution in [3.05, 3.63) is 28.8 Å². The first kappa shape index (κ1) is 14.2. The molecule has 98 valence electrons. The van der Waals surface area contributed by atoms with Crippen molar-refractivity contribution < 1.29 is 27.5 Å². The standard InChI is InChI=1S/C12H11F3O3/c1-3-18-11-5-9(7(2)17)8(6-16)4-10(11)12(13,14)15/h4-6H,3H2,1-2H3. The molecule has 0 atom stereocenters. The Kier molecular flexibility index (Phi) is 4.11. The smallest absolute Gasteiger partial charge is 0.419 e. The molecule has 0 bridgehead atoms. The summed E-state index contributed by atoms with van der Waals surface area (Å²) in [4.78, 5) is 22.0. The van der Waals surface area contributed by atoms with Crippen LogP contribution in [0.5, 0.6) is 5.75 Å². The summed E-state index contributed by atoms with van der Waals surface area (Å²) in [6.07, 6.45) is -4.42. The van der Waals surface area contributed by atoms with Gasteiger partial charge in [-0.2, -0.15) is 13.2 Å². The van der Waals surface area contributed by atoms with Gasteiger partial charge in [-0.3, -0.25) is 9.59 Å². The molecule has 0 fully saturated rings. The van der Waals surface area contributed by atoms with E-state index in [1.165, 1.54) is 13.8 Å². The average Bonchev–Trinajstić information content (AvgIpc) is 2.27.